The highest BCUT2D eigenvalue weighted by molar-refractivity contribution is 5.95. The van der Waals surface area contributed by atoms with Crippen LogP contribution in [0, 0.1) is 6.92 Å². The third-order valence-corrected chi connectivity index (χ3v) is 6.63. The van der Waals surface area contributed by atoms with Crippen LogP contribution in [-0.4, -0.2) is 54.6 Å². The Balaban J connectivity index is 1.26. The fourth-order valence-corrected chi connectivity index (χ4v) is 4.64. The topological polar surface area (TPSA) is 89.7 Å². The Morgan fingerprint density at radius 1 is 1.08 bits per heavy atom. The van der Waals surface area contributed by atoms with E-state index in [0.717, 1.165) is 11.3 Å². The van der Waals surface area contributed by atoms with Gasteiger partial charge in [-0.05, 0) is 55.1 Å². The lowest BCUT2D eigenvalue weighted by atomic mass is 10.0. The molecule has 0 bridgehead atoms. The van der Waals surface area contributed by atoms with E-state index >= 15 is 0 Å². The molecule has 4 heterocycles. The third kappa shape index (κ3) is 4.90. The summed E-state index contributed by atoms with van der Waals surface area (Å²) in [5.74, 6) is -0.975. The fraction of sp³-hybridized carbons (Fsp3) is 0.214. The number of aryl methyl sites for hydroxylation is 1. The highest BCUT2D eigenvalue weighted by Crippen LogP contribution is 2.37. The van der Waals surface area contributed by atoms with Crippen LogP contribution in [0.5, 0.6) is 17.2 Å². The number of hydrogen-bond donors (Lipinski definition) is 1. The van der Waals surface area contributed by atoms with Gasteiger partial charge in [0.25, 0.3) is 0 Å². The molecule has 0 aliphatic carbocycles. The Labute approximate surface area is 222 Å². The summed E-state index contributed by atoms with van der Waals surface area (Å²) in [6.45, 7) is 5.54. The number of benzene rings is 2. The minimum absolute atomic E-state index is 0.163. The molecule has 39 heavy (non-hydrogen) atoms. The SMILES string of the molecule is C=CN1CCC(Oc2cccc3ncnc(Nc4ccc(Oc5ccn6ncnc6c5)c(C)c4)c23)C(F)(F)C1. The Morgan fingerprint density at radius 3 is 2.79 bits per heavy atom. The van der Waals surface area contributed by atoms with Crippen LogP contribution in [0.3, 0.4) is 0 Å². The van der Waals surface area contributed by atoms with Crippen molar-refractivity contribution in [2.24, 2.45) is 0 Å². The van der Waals surface area contributed by atoms with Gasteiger partial charge in [0.05, 0.1) is 17.4 Å². The Kier molecular flexibility index (Phi) is 6.18. The number of likely N-dealkylation sites (tertiary alicyclic amines) is 1. The predicted molar refractivity (Wildman–Crippen MR) is 143 cm³/mol. The first-order valence-corrected chi connectivity index (χ1v) is 12.4. The molecule has 6 rings (SSSR count). The minimum Gasteiger partial charge on any atom is -0.483 e. The second kappa shape index (κ2) is 9.82. The van der Waals surface area contributed by atoms with Crippen molar-refractivity contribution in [3.63, 3.8) is 0 Å². The van der Waals surface area contributed by atoms with Crippen molar-refractivity contribution in [3.8, 4) is 17.2 Å². The number of halogens is 2. The Bertz CT molecular complexity index is 1670. The first kappa shape index (κ1) is 24.5. The van der Waals surface area contributed by atoms with Crippen molar-refractivity contribution < 1.29 is 18.3 Å². The van der Waals surface area contributed by atoms with Gasteiger partial charge in [0, 0.05) is 30.9 Å². The monoisotopic (exact) mass is 529 g/mol. The number of anilines is 2. The van der Waals surface area contributed by atoms with Gasteiger partial charge in [-0.25, -0.2) is 28.2 Å². The van der Waals surface area contributed by atoms with Gasteiger partial charge in [-0.15, -0.1) is 0 Å². The minimum atomic E-state index is -3.04. The van der Waals surface area contributed by atoms with Crippen LogP contribution >= 0.6 is 0 Å². The van der Waals surface area contributed by atoms with Crippen LogP contribution in [0.15, 0.2) is 80.2 Å². The summed E-state index contributed by atoms with van der Waals surface area (Å²) in [5.41, 5.74) is 2.88. The van der Waals surface area contributed by atoms with Crippen LogP contribution in [0.2, 0.25) is 0 Å². The first-order valence-electron chi connectivity index (χ1n) is 12.4. The second-order valence-electron chi connectivity index (χ2n) is 9.31. The van der Waals surface area contributed by atoms with Gasteiger partial charge in [0.1, 0.15) is 35.7 Å². The molecule has 0 spiro atoms. The van der Waals surface area contributed by atoms with Crippen LogP contribution in [0.4, 0.5) is 20.3 Å². The first-order chi connectivity index (χ1) is 18.9. The van der Waals surface area contributed by atoms with E-state index in [1.54, 1.807) is 35.0 Å². The molecule has 198 valence electrons. The normalized spacial score (nSPS) is 16.8. The van der Waals surface area contributed by atoms with Crippen molar-refractivity contribution in [1.29, 1.82) is 0 Å². The molecule has 9 nitrogen and oxygen atoms in total. The quantitative estimate of drug-likeness (QED) is 0.285. The summed E-state index contributed by atoms with van der Waals surface area (Å²) in [5, 5.41) is 7.92. The van der Waals surface area contributed by atoms with Crippen molar-refractivity contribution >= 4 is 28.1 Å². The molecule has 1 saturated heterocycles. The van der Waals surface area contributed by atoms with E-state index < -0.39 is 18.6 Å². The zero-order valence-electron chi connectivity index (χ0n) is 21.1. The summed E-state index contributed by atoms with van der Waals surface area (Å²) in [7, 11) is 0. The highest BCUT2D eigenvalue weighted by atomic mass is 19.3. The second-order valence-corrected chi connectivity index (χ2v) is 9.31. The molecule has 1 aliphatic rings. The predicted octanol–water partition coefficient (Wildman–Crippen LogP) is 5.75. The number of alkyl halides is 2. The van der Waals surface area contributed by atoms with E-state index in [-0.39, 0.29) is 6.42 Å². The van der Waals surface area contributed by atoms with E-state index in [9.17, 15) is 8.78 Å². The summed E-state index contributed by atoms with van der Waals surface area (Å²) < 4.78 is 43.4. The molecule has 0 saturated carbocycles. The Hall–Kier alpha value is -4.80. The standard InChI is InChI=1S/C28H25F2N7O2/c1-3-36-11-10-24(28(29,30)15-36)39-23-6-4-5-21-26(23)27(33-16-31-21)35-19-7-8-22(18(2)13-19)38-20-9-12-37-25(14-20)32-17-34-37/h3-9,12-14,16-17,24H,1,10-11,15H2,2H3,(H,31,33,35). The van der Waals surface area contributed by atoms with Gasteiger partial charge in [0.15, 0.2) is 11.8 Å². The third-order valence-electron chi connectivity index (χ3n) is 6.63. The molecule has 5 aromatic rings. The lowest BCUT2D eigenvalue weighted by Crippen LogP contribution is -2.52. The van der Waals surface area contributed by atoms with Crippen molar-refractivity contribution in [2.75, 3.05) is 18.4 Å². The molecule has 11 heteroatoms. The maximum Gasteiger partial charge on any atom is 0.301 e. The summed E-state index contributed by atoms with van der Waals surface area (Å²) in [6.07, 6.45) is 5.01. The number of nitrogens with one attached hydrogen (secondary N) is 1. The van der Waals surface area contributed by atoms with Crippen LogP contribution in [0.25, 0.3) is 16.6 Å². The summed E-state index contributed by atoms with van der Waals surface area (Å²) in [6, 6.07) is 14.4. The van der Waals surface area contributed by atoms with Gasteiger partial charge < -0.3 is 19.7 Å². The van der Waals surface area contributed by atoms with Crippen molar-refractivity contribution in [2.45, 2.75) is 25.4 Å². The van der Waals surface area contributed by atoms with Crippen molar-refractivity contribution in [1.82, 2.24) is 29.5 Å². The number of ether oxygens (including phenoxy) is 2. The molecule has 1 unspecified atom stereocenters. The van der Waals surface area contributed by atoms with Gasteiger partial charge >= 0.3 is 5.92 Å². The van der Waals surface area contributed by atoms with E-state index in [1.807, 2.05) is 31.2 Å². The molecule has 2 aromatic carbocycles. The average Bonchev–Trinajstić information content (AvgIpc) is 3.39. The summed E-state index contributed by atoms with van der Waals surface area (Å²) >= 11 is 0. The molecule has 1 atom stereocenters. The van der Waals surface area contributed by atoms with Crippen LogP contribution in [-0.2, 0) is 0 Å². The fourth-order valence-electron chi connectivity index (χ4n) is 4.64. The zero-order chi connectivity index (χ0) is 27.0. The maximum absolute atomic E-state index is 14.9. The van der Waals surface area contributed by atoms with Gasteiger partial charge in [-0.1, -0.05) is 12.6 Å². The van der Waals surface area contributed by atoms with E-state index in [4.69, 9.17) is 9.47 Å². The molecule has 1 aliphatic heterocycles. The lowest BCUT2D eigenvalue weighted by Gasteiger charge is -2.37. The summed E-state index contributed by atoms with van der Waals surface area (Å²) in [4.78, 5) is 14.4. The zero-order valence-corrected chi connectivity index (χ0v) is 21.1. The molecule has 1 fully saturated rings. The Morgan fingerprint density at radius 2 is 1.97 bits per heavy atom. The number of pyridine rings is 1. The van der Waals surface area contributed by atoms with Gasteiger partial charge in [-0.3, -0.25) is 0 Å². The number of rotatable bonds is 7. The number of nitrogens with zero attached hydrogens (tertiary/aromatic N) is 6. The number of aromatic nitrogens is 5. The van der Waals surface area contributed by atoms with E-state index in [1.165, 1.54) is 23.8 Å². The molecule has 0 radical (unpaired) electrons. The van der Waals surface area contributed by atoms with Gasteiger partial charge in [0.2, 0.25) is 0 Å². The van der Waals surface area contributed by atoms with Crippen molar-refractivity contribution in [3.05, 3.63) is 85.7 Å². The number of hydrogen-bond acceptors (Lipinski definition) is 8. The number of piperidine rings is 1. The maximum atomic E-state index is 14.9. The highest BCUT2D eigenvalue weighted by Gasteiger charge is 2.46. The molecular formula is C28H25F2N7O2. The lowest BCUT2D eigenvalue weighted by molar-refractivity contribution is -0.131. The number of fused-ring (bicyclic) bond motifs is 2. The molecule has 3 aromatic heterocycles. The molecule has 1 N–H and O–H groups in total. The van der Waals surface area contributed by atoms with Crippen LogP contribution in [0.1, 0.15) is 12.0 Å². The van der Waals surface area contributed by atoms with E-state index in [2.05, 4.69) is 31.9 Å². The van der Waals surface area contributed by atoms with Crippen LogP contribution < -0.4 is 14.8 Å². The largest absolute Gasteiger partial charge is 0.483 e. The van der Waals surface area contributed by atoms with Gasteiger partial charge in [-0.2, -0.15) is 5.10 Å². The van der Waals surface area contributed by atoms with E-state index in [0.29, 0.717) is 46.2 Å². The smallest absolute Gasteiger partial charge is 0.301 e. The molecular weight excluding hydrogens is 504 g/mol. The molecule has 0 amide bonds. The average molecular weight is 530 g/mol.